The average Bonchev–Trinajstić information content (AvgIpc) is 2.93. The van der Waals surface area contributed by atoms with Crippen LogP contribution < -0.4 is 4.90 Å². The Bertz CT molecular complexity index is 573. The first-order valence-corrected chi connectivity index (χ1v) is 9.23. The molecular weight excluding hydrogens is 302 g/mol. The summed E-state index contributed by atoms with van der Waals surface area (Å²) in [6, 6.07) is 8.33. The van der Waals surface area contributed by atoms with E-state index in [0.29, 0.717) is 26.1 Å². The van der Waals surface area contributed by atoms with E-state index in [2.05, 4.69) is 31.2 Å². The van der Waals surface area contributed by atoms with E-state index in [1.807, 2.05) is 11.8 Å². The monoisotopic (exact) mass is 331 g/mol. The first-order chi connectivity index (χ1) is 11.5. The highest BCUT2D eigenvalue weighted by atomic mass is 16.5. The molecule has 132 valence electrons. The molecule has 1 saturated carbocycles. The second-order valence-corrected chi connectivity index (χ2v) is 7.37. The molecule has 0 bridgehead atoms. The van der Waals surface area contributed by atoms with E-state index in [0.717, 1.165) is 37.9 Å². The van der Waals surface area contributed by atoms with E-state index in [-0.39, 0.29) is 11.3 Å². The van der Waals surface area contributed by atoms with Gasteiger partial charge in [0, 0.05) is 18.8 Å². The molecule has 1 heterocycles. The van der Waals surface area contributed by atoms with Crippen molar-refractivity contribution >= 4 is 11.6 Å². The van der Waals surface area contributed by atoms with E-state index in [1.165, 1.54) is 5.56 Å². The molecule has 4 nitrogen and oxygen atoms in total. The molecule has 0 atom stereocenters. The van der Waals surface area contributed by atoms with Crippen molar-refractivity contribution in [2.45, 2.75) is 58.0 Å². The number of amides is 1. The zero-order valence-electron chi connectivity index (χ0n) is 14.9. The first kappa shape index (κ1) is 17.4. The van der Waals surface area contributed by atoms with Gasteiger partial charge in [0.2, 0.25) is 5.91 Å². The van der Waals surface area contributed by atoms with Gasteiger partial charge >= 0.3 is 0 Å². The number of carbonyl (C=O) groups excluding carboxylic acids is 1. The van der Waals surface area contributed by atoms with Crippen molar-refractivity contribution in [3.8, 4) is 0 Å². The molecule has 0 aromatic heterocycles. The summed E-state index contributed by atoms with van der Waals surface area (Å²) < 4.78 is 5.42. The Balaban J connectivity index is 1.68. The van der Waals surface area contributed by atoms with Crippen LogP contribution in [0.2, 0.25) is 0 Å². The maximum Gasteiger partial charge on any atom is 0.233 e. The lowest BCUT2D eigenvalue weighted by Crippen LogP contribution is -2.45. The van der Waals surface area contributed by atoms with Crippen LogP contribution in [0.25, 0.3) is 0 Å². The van der Waals surface area contributed by atoms with Crippen LogP contribution in [0, 0.1) is 5.41 Å². The number of carbonyl (C=O) groups is 1. The third-order valence-corrected chi connectivity index (χ3v) is 5.88. The van der Waals surface area contributed by atoms with Crippen molar-refractivity contribution in [2.24, 2.45) is 5.41 Å². The summed E-state index contributed by atoms with van der Waals surface area (Å²) in [7, 11) is 0. The van der Waals surface area contributed by atoms with Crippen LogP contribution in [-0.4, -0.2) is 36.4 Å². The second-order valence-electron chi connectivity index (χ2n) is 7.37. The van der Waals surface area contributed by atoms with Gasteiger partial charge in [0.25, 0.3) is 0 Å². The van der Waals surface area contributed by atoms with Crippen molar-refractivity contribution in [3.05, 3.63) is 29.8 Å². The molecule has 4 heteroatoms. The van der Waals surface area contributed by atoms with Crippen LogP contribution >= 0.6 is 0 Å². The van der Waals surface area contributed by atoms with E-state index in [4.69, 9.17) is 4.74 Å². The van der Waals surface area contributed by atoms with Gasteiger partial charge in [-0.15, -0.1) is 0 Å². The third-order valence-electron chi connectivity index (χ3n) is 5.88. The van der Waals surface area contributed by atoms with Crippen LogP contribution in [0.15, 0.2) is 24.3 Å². The summed E-state index contributed by atoms with van der Waals surface area (Å²) in [5, 5.41) is 10.6. The highest BCUT2D eigenvalue weighted by Crippen LogP contribution is 2.48. The maximum absolute atomic E-state index is 13.1. The zero-order valence-corrected chi connectivity index (χ0v) is 14.9. The Hall–Kier alpha value is -1.39. The lowest BCUT2D eigenvalue weighted by atomic mass is 9.68. The number of rotatable bonds is 5. The lowest BCUT2D eigenvalue weighted by molar-refractivity contribution is -0.133. The molecular formula is C20H29NO3. The Morgan fingerprint density at radius 3 is 2.33 bits per heavy atom. The smallest absolute Gasteiger partial charge is 0.233 e. The Kier molecular flexibility index (Phi) is 4.97. The van der Waals surface area contributed by atoms with Crippen LogP contribution in [0.1, 0.15) is 51.5 Å². The van der Waals surface area contributed by atoms with Gasteiger partial charge in [0.05, 0.1) is 17.6 Å². The van der Waals surface area contributed by atoms with Gasteiger partial charge < -0.3 is 14.7 Å². The predicted molar refractivity (Wildman–Crippen MR) is 95.1 cm³/mol. The van der Waals surface area contributed by atoms with Crippen LogP contribution in [-0.2, 0) is 16.0 Å². The molecule has 2 fully saturated rings. The van der Waals surface area contributed by atoms with Crippen molar-refractivity contribution < 1.29 is 14.6 Å². The summed E-state index contributed by atoms with van der Waals surface area (Å²) in [6.45, 7) is 5.87. The van der Waals surface area contributed by atoms with E-state index in [9.17, 15) is 9.90 Å². The molecule has 1 saturated heterocycles. The number of ether oxygens (including phenoxy) is 1. The molecule has 3 rings (SSSR count). The van der Waals surface area contributed by atoms with Gasteiger partial charge in [-0.05, 0) is 63.1 Å². The molecule has 24 heavy (non-hydrogen) atoms. The van der Waals surface area contributed by atoms with Crippen LogP contribution in [0.4, 0.5) is 5.69 Å². The molecule has 1 aliphatic carbocycles. The quantitative estimate of drug-likeness (QED) is 0.900. The summed E-state index contributed by atoms with van der Waals surface area (Å²) in [6.07, 6.45) is 4.74. The van der Waals surface area contributed by atoms with Crippen molar-refractivity contribution in [1.82, 2.24) is 0 Å². The minimum atomic E-state index is -0.752. The number of hydrogen-bond donors (Lipinski definition) is 1. The minimum absolute atomic E-state index is 0.241. The van der Waals surface area contributed by atoms with E-state index >= 15 is 0 Å². The largest absolute Gasteiger partial charge is 0.387 e. The standard InChI is InChI=1S/C20H29NO3/c1-3-16-5-7-17(8-6-16)21-14-13-19(18(21)22)9-11-20(23,12-10-19)15-24-4-2/h5-8,23H,3-4,9-15H2,1-2H3. The third kappa shape index (κ3) is 3.22. The fraction of sp³-hybridized carbons (Fsp3) is 0.650. The predicted octanol–water partition coefficient (Wildman–Crippen LogP) is 3.31. The Morgan fingerprint density at radius 1 is 1.08 bits per heavy atom. The van der Waals surface area contributed by atoms with E-state index < -0.39 is 5.60 Å². The van der Waals surface area contributed by atoms with E-state index in [1.54, 1.807) is 0 Å². The SMILES string of the molecule is CCOCC1(O)CCC2(CCN(c3ccc(CC)cc3)C2=O)CC1. The molecule has 0 unspecified atom stereocenters. The van der Waals surface area contributed by atoms with Crippen LogP contribution in [0.3, 0.4) is 0 Å². The molecule has 1 aromatic carbocycles. The highest BCUT2D eigenvalue weighted by molar-refractivity contribution is 6.00. The van der Waals surface area contributed by atoms with Crippen molar-refractivity contribution in [3.63, 3.8) is 0 Å². The molecule has 1 amide bonds. The van der Waals surface area contributed by atoms with Gasteiger partial charge in [-0.1, -0.05) is 19.1 Å². The molecule has 1 N–H and O–H groups in total. The summed E-state index contributed by atoms with van der Waals surface area (Å²) in [5.41, 5.74) is 1.27. The number of nitrogens with zero attached hydrogens (tertiary/aromatic N) is 1. The van der Waals surface area contributed by atoms with Gasteiger partial charge in [-0.2, -0.15) is 0 Å². The lowest BCUT2D eigenvalue weighted by Gasteiger charge is -2.40. The number of benzene rings is 1. The fourth-order valence-electron chi connectivity index (χ4n) is 4.07. The normalized spacial score (nSPS) is 30.3. The summed E-state index contributed by atoms with van der Waals surface area (Å²) >= 11 is 0. The summed E-state index contributed by atoms with van der Waals surface area (Å²) in [5.74, 6) is 0.241. The van der Waals surface area contributed by atoms with Gasteiger partial charge in [-0.3, -0.25) is 4.79 Å². The fourth-order valence-corrected chi connectivity index (χ4v) is 4.07. The molecule has 1 aromatic rings. The first-order valence-electron chi connectivity index (χ1n) is 9.23. The van der Waals surface area contributed by atoms with Crippen molar-refractivity contribution in [1.29, 1.82) is 0 Å². The summed E-state index contributed by atoms with van der Waals surface area (Å²) in [4.78, 5) is 15.0. The van der Waals surface area contributed by atoms with Crippen molar-refractivity contribution in [2.75, 3.05) is 24.7 Å². The van der Waals surface area contributed by atoms with Gasteiger partial charge in [0.1, 0.15) is 0 Å². The number of aliphatic hydroxyl groups is 1. The Labute approximate surface area is 144 Å². The average molecular weight is 331 g/mol. The second kappa shape index (κ2) is 6.85. The minimum Gasteiger partial charge on any atom is -0.387 e. The number of anilines is 1. The Morgan fingerprint density at radius 2 is 1.75 bits per heavy atom. The van der Waals surface area contributed by atoms with Crippen LogP contribution in [0.5, 0.6) is 0 Å². The molecule has 0 radical (unpaired) electrons. The topological polar surface area (TPSA) is 49.8 Å². The number of aryl methyl sites for hydroxylation is 1. The molecule has 1 aliphatic heterocycles. The van der Waals surface area contributed by atoms with Gasteiger partial charge in [0.15, 0.2) is 0 Å². The highest BCUT2D eigenvalue weighted by Gasteiger charge is 2.51. The molecule has 1 spiro atoms. The van der Waals surface area contributed by atoms with Gasteiger partial charge in [-0.25, -0.2) is 0 Å². The number of hydrogen-bond acceptors (Lipinski definition) is 3. The zero-order chi connectivity index (χ0) is 17.2. The molecule has 2 aliphatic rings. The maximum atomic E-state index is 13.1.